The Bertz CT molecular complexity index is 699. The fraction of sp³-hybridized carbons (Fsp3) is 0.250. The lowest BCUT2D eigenvalue weighted by molar-refractivity contribution is -0.141. The van der Waals surface area contributed by atoms with E-state index in [9.17, 15) is 9.59 Å². The minimum Gasteiger partial charge on any atom is -0.469 e. The van der Waals surface area contributed by atoms with Crippen molar-refractivity contribution in [2.24, 2.45) is 5.73 Å². The van der Waals surface area contributed by atoms with Crippen LogP contribution in [-0.4, -0.2) is 19.0 Å². The Morgan fingerprint density at radius 2 is 2.17 bits per heavy atom. The van der Waals surface area contributed by atoms with Crippen molar-refractivity contribution in [2.75, 3.05) is 7.11 Å². The fourth-order valence-corrected chi connectivity index (χ4v) is 2.49. The van der Waals surface area contributed by atoms with E-state index in [4.69, 9.17) is 14.9 Å². The van der Waals surface area contributed by atoms with Crippen molar-refractivity contribution in [3.8, 4) is 0 Å². The molecule has 0 bridgehead atoms. The third-order valence-corrected chi connectivity index (χ3v) is 3.77. The van der Waals surface area contributed by atoms with E-state index in [1.54, 1.807) is 6.07 Å². The van der Waals surface area contributed by atoms with E-state index in [1.807, 2.05) is 24.3 Å². The number of carbonyl (C=O) groups excluding carboxylic acids is 2. The first-order valence-corrected chi connectivity index (χ1v) is 7.73. The molecule has 23 heavy (non-hydrogen) atoms. The van der Waals surface area contributed by atoms with Gasteiger partial charge in [0.2, 0.25) is 0 Å². The highest BCUT2D eigenvalue weighted by molar-refractivity contribution is 9.10. The van der Waals surface area contributed by atoms with Crippen LogP contribution in [0, 0.1) is 0 Å². The van der Waals surface area contributed by atoms with Gasteiger partial charge >= 0.3 is 5.97 Å². The summed E-state index contributed by atoms with van der Waals surface area (Å²) >= 11 is 3.38. The van der Waals surface area contributed by atoms with Crippen LogP contribution < -0.4 is 11.1 Å². The Morgan fingerprint density at radius 1 is 1.39 bits per heavy atom. The van der Waals surface area contributed by atoms with Crippen LogP contribution in [0.1, 0.15) is 34.1 Å². The zero-order chi connectivity index (χ0) is 16.8. The maximum Gasteiger partial charge on any atom is 0.307 e. The number of rotatable bonds is 6. The van der Waals surface area contributed by atoms with Crippen LogP contribution in [-0.2, 0) is 16.1 Å². The Balaban J connectivity index is 2.19. The summed E-state index contributed by atoms with van der Waals surface area (Å²) in [7, 11) is 1.31. The molecule has 1 amide bonds. The van der Waals surface area contributed by atoms with Crippen molar-refractivity contribution in [3.05, 3.63) is 58.0 Å². The number of esters is 1. The van der Waals surface area contributed by atoms with E-state index in [0.717, 1.165) is 10.0 Å². The van der Waals surface area contributed by atoms with Gasteiger partial charge in [0, 0.05) is 4.47 Å². The first-order chi connectivity index (χ1) is 11.0. The molecule has 0 aliphatic rings. The lowest BCUT2D eigenvalue weighted by Gasteiger charge is -2.18. The molecule has 0 aliphatic heterocycles. The van der Waals surface area contributed by atoms with Gasteiger partial charge in [0.15, 0.2) is 0 Å². The lowest BCUT2D eigenvalue weighted by Crippen LogP contribution is -2.30. The molecule has 0 saturated heterocycles. The molecule has 0 radical (unpaired) electrons. The number of ether oxygens (including phenoxy) is 1. The van der Waals surface area contributed by atoms with Gasteiger partial charge < -0.3 is 20.2 Å². The molecular weight excluding hydrogens is 364 g/mol. The Hall–Kier alpha value is -2.12. The summed E-state index contributed by atoms with van der Waals surface area (Å²) in [5.41, 5.74) is 6.61. The second-order valence-corrected chi connectivity index (χ2v) is 5.78. The van der Waals surface area contributed by atoms with Crippen LogP contribution in [0.3, 0.4) is 0 Å². The summed E-state index contributed by atoms with van der Waals surface area (Å²) in [5, 5.41) is 2.82. The quantitative estimate of drug-likeness (QED) is 0.750. The van der Waals surface area contributed by atoms with E-state index >= 15 is 0 Å². The molecule has 0 saturated carbocycles. The van der Waals surface area contributed by atoms with Crippen molar-refractivity contribution < 1.29 is 18.7 Å². The number of hydrogen-bond acceptors (Lipinski definition) is 5. The molecule has 0 spiro atoms. The van der Waals surface area contributed by atoms with Gasteiger partial charge in [-0.15, -0.1) is 0 Å². The highest BCUT2D eigenvalue weighted by Crippen LogP contribution is 2.22. The molecule has 1 unspecified atom stereocenters. The number of halogens is 1. The van der Waals surface area contributed by atoms with E-state index in [-0.39, 0.29) is 18.9 Å². The Labute approximate surface area is 142 Å². The van der Waals surface area contributed by atoms with E-state index in [1.165, 1.54) is 13.4 Å². The van der Waals surface area contributed by atoms with Crippen molar-refractivity contribution in [1.82, 2.24) is 5.32 Å². The monoisotopic (exact) mass is 380 g/mol. The van der Waals surface area contributed by atoms with Crippen LogP contribution in [0.15, 0.2) is 45.5 Å². The summed E-state index contributed by atoms with van der Waals surface area (Å²) in [4.78, 5) is 24.0. The first kappa shape index (κ1) is 17.2. The summed E-state index contributed by atoms with van der Waals surface area (Å²) < 4.78 is 10.7. The van der Waals surface area contributed by atoms with Crippen LogP contribution >= 0.6 is 15.9 Å². The largest absolute Gasteiger partial charge is 0.469 e. The van der Waals surface area contributed by atoms with Gasteiger partial charge in [-0.25, -0.2) is 0 Å². The minimum atomic E-state index is -0.510. The molecule has 1 atom stereocenters. The summed E-state index contributed by atoms with van der Waals surface area (Å²) in [6.45, 7) is 0.213. The molecule has 0 aliphatic carbocycles. The van der Waals surface area contributed by atoms with Crippen LogP contribution in [0.25, 0.3) is 0 Å². The smallest absolute Gasteiger partial charge is 0.307 e. The molecule has 1 heterocycles. The van der Waals surface area contributed by atoms with Gasteiger partial charge in [-0.05, 0) is 23.8 Å². The van der Waals surface area contributed by atoms with Crippen molar-refractivity contribution in [2.45, 2.75) is 19.0 Å². The zero-order valence-corrected chi connectivity index (χ0v) is 14.1. The molecule has 0 fully saturated rings. The summed E-state index contributed by atoms with van der Waals surface area (Å²) in [6.07, 6.45) is 1.37. The SMILES string of the molecule is COC(=O)CC(NC(=O)c1coc(CN)c1)c1cccc(Br)c1. The molecule has 122 valence electrons. The van der Waals surface area contributed by atoms with E-state index in [0.29, 0.717) is 11.3 Å². The second kappa shape index (κ2) is 7.94. The van der Waals surface area contributed by atoms with Gasteiger partial charge in [0.1, 0.15) is 12.0 Å². The Kier molecular flexibility index (Phi) is 5.95. The number of furan rings is 1. The van der Waals surface area contributed by atoms with Crippen LogP contribution in [0.5, 0.6) is 0 Å². The molecule has 2 rings (SSSR count). The third-order valence-electron chi connectivity index (χ3n) is 3.27. The highest BCUT2D eigenvalue weighted by Gasteiger charge is 2.21. The van der Waals surface area contributed by atoms with Crippen molar-refractivity contribution in [1.29, 1.82) is 0 Å². The van der Waals surface area contributed by atoms with Crippen LogP contribution in [0.2, 0.25) is 0 Å². The first-order valence-electron chi connectivity index (χ1n) is 6.94. The molecule has 7 heteroatoms. The molecule has 3 N–H and O–H groups in total. The number of carbonyl (C=O) groups is 2. The van der Waals surface area contributed by atoms with Gasteiger partial charge in [-0.1, -0.05) is 28.1 Å². The topological polar surface area (TPSA) is 94.6 Å². The van der Waals surface area contributed by atoms with Gasteiger partial charge in [0.05, 0.1) is 31.7 Å². The fourth-order valence-electron chi connectivity index (χ4n) is 2.07. The molecule has 1 aromatic carbocycles. The zero-order valence-electron chi connectivity index (χ0n) is 12.5. The Morgan fingerprint density at radius 3 is 2.78 bits per heavy atom. The molecule has 1 aromatic heterocycles. The van der Waals surface area contributed by atoms with Gasteiger partial charge in [0.25, 0.3) is 5.91 Å². The number of benzene rings is 1. The predicted molar refractivity (Wildman–Crippen MR) is 87.6 cm³/mol. The summed E-state index contributed by atoms with van der Waals surface area (Å²) in [6, 6.07) is 8.44. The summed E-state index contributed by atoms with van der Waals surface area (Å²) in [5.74, 6) is -0.241. The van der Waals surface area contributed by atoms with Crippen LogP contribution in [0.4, 0.5) is 0 Å². The molecule has 2 aromatic rings. The van der Waals surface area contributed by atoms with Gasteiger partial charge in [-0.3, -0.25) is 9.59 Å². The minimum absolute atomic E-state index is 0.0281. The molecule has 6 nitrogen and oxygen atoms in total. The standard InChI is InChI=1S/C16H17BrN2O4/c1-22-15(20)7-14(10-3-2-4-12(17)5-10)19-16(21)11-6-13(8-18)23-9-11/h2-6,9,14H,7-8,18H2,1H3,(H,19,21). The number of nitrogens with two attached hydrogens (primary N) is 1. The second-order valence-electron chi connectivity index (χ2n) is 4.87. The number of hydrogen-bond donors (Lipinski definition) is 2. The average Bonchev–Trinajstić information content (AvgIpc) is 3.03. The normalized spacial score (nSPS) is 11.8. The number of amides is 1. The lowest BCUT2D eigenvalue weighted by atomic mass is 10.0. The highest BCUT2D eigenvalue weighted by atomic mass is 79.9. The maximum absolute atomic E-state index is 12.3. The van der Waals surface area contributed by atoms with E-state index < -0.39 is 12.0 Å². The number of methoxy groups -OCH3 is 1. The number of nitrogens with one attached hydrogen (secondary N) is 1. The predicted octanol–water partition coefficient (Wildman–Crippen LogP) is 2.54. The average molecular weight is 381 g/mol. The van der Waals surface area contributed by atoms with E-state index in [2.05, 4.69) is 21.2 Å². The van der Waals surface area contributed by atoms with Crippen molar-refractivity contribution in [3.63, 3.8) is 0 Å². The third kappa shape index (κ3) is 4.67. The van der Waals surface area contributed by atoms with Crippen molar-refractivity contribution >= 4 is 27.8 Å². The van der Waals surface area contributed by atoms with Gasteiger partial charge in [-0.2, -0.15) is 0 Å². The molecular formula is C16H17BrN2O4. The maximum atomic E-state index is 12.3.